The quantitative estimate of drug-likeness (QED) is 0.398. The van der Waals surface area contributed by atoms with Gasteiger partial charge >= 0.3 is 0 Å². The molecule has 5 atom stereocenters. The Morgan fingerprint density at radius 2 is 2.00 bits per heavy atom. The zero-order valence-corrected chi connectivity index (χ0v) is 22.2. The van der Waals surface area contributed by atoms with Crippen LogP contribution >= 0.6 is 11.3 Å². The predicted molar refractivity (Wildman–Crippen MR) is 145 cm³/mol. The Balaban J connectivity index is 1.32. The van der Waals surface area contributed by atoms with Crippen LogP contribution in [-0.2, 0) is 0 Å². The molecule has 200 valence electrons. The SMILES string of the molecule is Cc1csc([C@H]2CCCN2C(=O)c2cccc(C(=O)N[C@@H](C[C@@H]3C[C@H](F)CN3)C(O)c3ccccc3)c2)n1. The second-order valence-electron chi connectivity index (χ2n) is 10.2. The van der Waals surface area contributed by atoms with E-state index < -0.39 is 18.3 Å². The molecule has 0 bridgehead atoms. The van der Waals surface area contributed by atoms with E-state index in [9.17, 15) is 19.1 Å². The monoisotopic (exact) mass is 536 g/mol. The summed E-state index contributed by atoms with van der Waals surface area (Å²) in [6.07, 6.45) is 0.598. The molecule has 3 N–H and O–H groups in total. The second kappa shape index (κ2) is 11.7. The zero-order valence-electron chi connectivity index (χ0n) is 21.3. The smallest absolute Gasteiger partial charge is 0.254 e. The van der Waals surface area contributed by atoms with E-state index in [1.54, 1.807) is 47.7 Å². The van der Waals surface area contributed by atoms with Crippen LogP contribution in [0.1, 0.15) is 74.8 Å². The van der Waals surface area contributed by atoms with Crippen LogP contribution in [0.25, 0.3) is 0 Å². The molecule has 9 heteroatoms. The highest BCUT2D eigenvalue weighted by Gasteiger charge is 2.34. The Hall–Kier alpha value is -3.14. The fourth-order valence-corrected chi connectivity index (χ4v) is 6.35. The Labute approximate surface area is 226 Å². The summed E-state index contributed by atoms with van der Waals surface area (Å²) in [5.41, 5.74) is 2.40. The summed E-state index contributed by atoms with van der Waals surface area (Å²) in [6.45, 7) is 2.87. The van der Waals surface area contributed by atoms with E-state index in [1.165, 1.54) is 0 Å². The first-order valence-corrected chi connectivity index (χ1v) is 14.0. The number of carbonyl (C=O) groups excluding carboxylic acids is 2. The first kappa shape index (κ1) is 26.5. The molecular weight excluding hydrogens is 503 g/mol. The molecule has 1 unspecified atom stereocenters. The molecule has 3 heterocycles. The number of rotatable bonds is 8. The van der Waals surface area contributed by atoms with Crippen LogP contribution in [-0.4, -0.2) is 58.1 Å². The van der Waals surface area contributed by atoms with E-state index in [2.05, 4.69) is 15.6 Å². The summed E-state index contributed by atoms with van der Waals surface area (Å²) >= 11 is 1.57. The zero-order chi connectivity index (χ0) is 26.6. The second-order valence-corrected chi connectivity index (χ2v) is 11.1. The number of halogens is 1. The highest BCUT2D eigenvalue weighted by Crippen LogP contribution is 2.35. The maximum atomic E-state index is 13.8. The minimum atomic E-state index is -0.961. The molecule has 38 heavy (non-hydrogen) atoms. The third-order valence-corrected chi connectivity index (χ3v) is 8.42. The van der Waals surface area contributed by atoms with Gasteiger partial charge in [0.2, 0.25) is 0 Å². The van der Waals surface area contributed by atoms with Crippen LogP contribution in [0, 0.1) is 6.92 Å². The fourth-order valence-electron chi connectivity index (χ4n) is 5.41. The summed E-state index contributed by atoms with van der Waals surface area (Å²) in [5, 5.41) is 20.2. The third-order valence-electron chi connectivity index (χ3n) is 7.35. The van der Waals surface area contributed by atoms with Crippen molar-refractivity contribution in [1.82, 2.24) is 20.5 Å². The Bertz CT molecular complexity index is 1270. The van der Waals surface area contributed by atoms with E-state index in [0.717, 1.165) is 23.5 Å². The lowest BCUT2D eigenvalue weighted by molar-refractivity contribution is 0.0735. The van der Waals surface area contributed by atoms with Crippen LogP contribution in [0.4, 0.5) is 4.39 Å². The van der Waals surface area contributed by atoms with Gasteiger partial charge in [-0.2, -0.15) is 0 Å². The number of aliphatic hydroxyl groups is 1. The van der Waals surface area contributed by atoms with E-state index in [4.69, 9.17) is 0 Å². The molecule has 2 amide bonds. The lowest BCUT2D eigenvalue weighted by Crippen LogP contribution is -2.43. The molecule has 2 aliphatic rings. The maximum absolute atomic E-state index is 13.8. The molecule has 0 aliphatic carbocycles. The number of amides is 2. The normalized spacial score (nSPS) is 22.8. The summed E-state index contributed by atoms with van der Waals surface area (Å²) in [5.74, 6) is -0.511. The van der Waals surface area contributed by atoms with Gasteiger partial charge < -0.3 is 20.6 Å². The number of aromatic nitrogens is 1. The lowest BCUT2D eigenvalue weighted by atomic mass is 9.95. The minimum Gasteiger partial charge on any atom is -0.386 e. The molecule has 2 aromatic carbocycles. The van der Waals surface area contributed by atoms with Crippen LogP contribution < -0.4 is 10.6 Å². The number of nitrogens with zero attached hydrogens (tertiary/aromatic N) is 2. The third kappa shape index (κ3) is 5.95. The van der Waals surface area contributed by atoms with E-state index >= 15 is 0 Å². The predicted octanol–water partition coefficient (Wildman–Crippen LogP) is 4.35. The van der Waals surface area contributed by atoms with Gasteiger partial charge in [0.1, 0.15) is 11.2 Å². The van der Waals surface area contributed by atoms with E-state index in [0.29, 0.717) is 36.1 Å². The minimum absolute atomic E-state index is 0.0534. The lowest BCUT2D eigenvalue weighted by Gasteiger charge is -2.27. The molecule has 0 spiro atoms. The van der Waals surface area contributed by atoms with Gasteiger partial charge in [0.15, 0.2) is 0 Å². The Morgan fingerprint density at radius 3 is 2.71 bits per heavy atom. The summed E-state index contributed by atoms with van der Waals surface area (Å²) in [6, 6.07) is 15.0. The van der Waals surface area contributed by atoms with Crippen molar-refractivity contribution in [2.24, 2.45) is 0 Å². The number of thiazole rings is 1. The number of benzene rings is 2. The number of aryl methyl sites for hydroxylation is 1. The number of aliphatic hydroxyl groups excluding tert-OH is 1. The molecule has 5 rings (SSSR count). The van der Waals surface area contributed by atoms with Crippen LogP contribution in [0.5, 0.6) is 0 Å². The van der Waals surface area contributed by atoms with Crippen molar-refractivity contribution >= 4 is 23.2 Å². The fraction of sp³-hybridized carbons (Fsp3) is 0.414. The summed E-state index contributed by atoms with van der Waals surface area (Å²) < 4.78 is 13.8. The first-order chi connectivity index (χ1) is 18.4. The van der Waals surface area contributed by atoms with Gasteiger partial charge in [-0.1, -0.05) is 36.4 Å². The molecular formula is C29H33FN4O3S. The molecule has 2 fully saturated rings. The van der Waals surface area contributed by atoms with Crippen molar-refractivity contribution in [3.63, 3.8) is 0 Å². The molecule has 0 saturated carbocycles. The first-order valence-electron chi connectivity index (χ1n) is 13.1. The Morgan fingerprint density at radius 1 is 1.21 bits per heavy atom. The maximum Gasteiger partial charge on any atom is 0.254 e. The number of hydrogen-bond donors (Lipinski definition) is 3. The van der Waals surface area contributed by atoms with Crippen molar-refractivity contribution in [2.75, 3.05) is 13.1 Å². The molecule has 2 saturated heterocycles. The average molecular weight is 537 g/mol. The van der Waals surface area contributed by atoms with Crippen molar-refractivity contribution in [3.8, 4) is 0 Å². The molecule has 2 aliphatic heterocycles. The highest BCUT2D eigenvalue weighted by molar-refractivity contribution is 7.09. The summed E-state index contributed by atoms with van der Waals surface area (Å²) in [7, 11) is 0. The number of hydrogen-bond acceptors (Lipinski definition) is 6. The highest BCUT2D eigenvalue weighted by atomic mass is 32.1. The largest absolute Gasteiger partial charge is 0.386 e. The van der Waals surface area contributed by atoms with Crippen molar-refractivity contribution in [3.05, 3.63) is 87.4 Å². The van der Waals surface area contributed by atoms with Gasteiger partial charge in [-0.3, -0.25) is 9.59 Å². The van der Waals surface area contributed by atoms with Crippen LogP contribution in [0.2, 0.25) is 0 Å². The van der Waals surface area contributed by atoms with Gasteiger partial charge in [-0.15, -0.1) is 11.3 Å². The number of carbonyl (C=O) groups is 2. The average Bonchev–Trinajstić information content (AvgIpc) is 3.69. The molecule has 3 aromatic rings. The van der Waals surface area contributed by atoms with Gasteiger partial charge in [0, 0.05) is 41.3 Å². The van der Waals surface area contributed by atoms with Crippen molar-refractivity contribution in [2.45, 2.75) is 63.0 Å². The van der Waals surface area contributed by atoms with Crippen molar-refractivity contribution in [1.29, 1.82) is 0 Å². The van der Waals surface area contributed by atoms with Gasteiger partial charge in [0.25, 0.3) is 11.8 Å². The summed E-state index contributed by atoms with van der Waals surface area (Å²) in [4.78, 5) is 33.3. The van der Waals surface area contributed by atoms with Gasteiger partial charge in [0.05, 0.1) is 18.2 Å². The molecule has 7 nitrogen and oxygen atoms in total. The molecule has 1 aromatic heterocycles. The number of nitrogens with one attached hydrogen (secondary N) is 2. The van der Waals surface area contributed by atoms with Crippen LogP contribution in [0.15, 0.2) is 60.0 Å². The van der Waals surface area contributed by atoms with Crippen molar-refractivity contribution < 1.29 is 19.1 Å². The topological polar surface area (TPSA) is 94.6 Å². The molecule has 0 radical (unpaired) electrons. The van der Waals surface area contributed by atoms with E-state index in [1.807, 2.05) is 35.4 Å². The van der Waals surface area contributed by atoms with E-state index in [-0.39, 0.29) is 30.4 Å². The standard InChI is InChI=1S/C29H33FN4O3S/c1-18-17-38-28(32-18)25-11-6-12-34(25)29(37)21-10-5-9-20(13-21)27(36)33-24(15-23-14-22(30)16-31-23)26(35)19-7-3-2-4-8-19/h2-5,7-10,13,17,22-26,31,35H,6,11-12,14-16H2,1H3,(H,33,36)/t22-,23-,24-,25+,26?/m0/s1. The van der Waals surface area contributed by atoms with Crippen LogP contribution in [0.3, 0.4) is 0 Å². The number of likely N-dealkylation sites (tertiary alicyclic amines) is 1. The number of alkyl halides is 1. The Kier molecular flexibility index (Phi) is 8.16. The van der Waals surface area contributed by atoms with Gasteiger partial charge in [-0.05, 0) is 56.4 Å². The van der Waals surface area contributed by atoms with Gasteiger partial charge in [-0.25, -0.2) is 9.37 Å².